The molecule has 0 saturated carbocycles. The first-order valence-corrected chi connectivity index (χ1v) is 6.47. The van der Waals surface area contributed by atoms with Crippen LogP contribution in [-0.2, 0) is 9.59 Å². The average molecular weight is 275 g/mol. The molecular formula is C14H17N3O3. The Hall–Kier alpha value is -2.37. The number of fused-ring (bicyclic) bond motifs is 1. The van der Waals surface area contributed by atoms with Crippen LogP contribution in [0.1, 0.15) is 30.6 Å². The maximum atomic E-state index is 12.0. The van der Waals surface area contributed by atoms with Crippen LogP contribution in [-0.4, -0.2) is 29.8 Å². The molecule has 1 aliphatic heterocycles. The van der Waals surface area contributed by atoms with Crippen LogP contribution in [0.5, 0.6) is 0 Å². The van der Waals surface area contributed by atoms with Gasteiger partial charge >= 0.3 is 0 Å². The number of hydrogen-bond donors (Lipinski definition) is 3. The number of carbonyl (C=O) groups excluding carboxylic acids is 3. The largest absolute Gasteiger partial charge is 0.354 e. The molecule has 2 rings (SSSR count). The van der Waals surface area contributed by atoms with Crippen molar-refractivity contribution in [2.45, 2.75) is 32.4 Å². The van der Waals surface area contributed by atoms with E-state index in [4.69, 9.17) is 0 Å². The Kier molecular flexibility index (Phi) is 4.02. The number of carbonyl (C=O) groups is 3. The molecule has 0 fully saturated rings. The van der Waals surface area contributed by atoms with Crippen molar-refractivity contribution in [3.8, 4) is 0 Å². The maximum Gasteiger partial charge on any atom is 0.254 e. The summed E-state index contributed by atoms with van der Waals surface area (Å²) in [6, 6.07) is 5.86. The van der Waals surface area contributed by atoms with Gasteiger partial charge in [0.1, 0.15) is 6.04 Å². The van der Waals surface area contributed by atoms with Gasteiger partial charge in [0.05, 0.1) is 17.7 Å². The third-order valence-corrected chi connectivity index (χ3v) is 2.89. The highest BCUT2D eigenvalue weighted by Gasteiger charge is 2.29. The molecule has 0 bridgehead atoms. The molecule has 106 valence electrons. The molecule has 20 heavy (non-hydrogen) atoms. The number of para-hydroxylation sites is 1. The summed E-state index contributed by atoms with van der Waals surface area (Å²) in [6.45, 7) is 3.67. The fourth-order valence-electron chi connectivity index (χ4n) is 2.02. The van der Waals surface area contributed by atoms with Crippen molar-refractivity contribution in [3.05, 3.63) is 29.8 Å². The monoisotopic (exact) mass is 275 g/mol. The lowest BCUT2D eigenvalue weighted by molar-refractivity contribution is -0.126. The molecule has 1 heterocycles. The van der Waals surface area contributed by atoms with Crippen molar-refractivity contribution in [2.24, 2.45) is 0 Å². The van der Waals surface area contributed by atoms with Crippen LogP contribution in [0.25, 0.3) is 0 Å². The zero-order valence-corrected chi connectivity index (χ0v) is 11.4. The fraction of sp³-hybridized carbons (Fsp3) is 0.357. The van der Waals surface area contributed by atoms with Crippen LogP contribution < -0.4 is 16.0 Å². The third kappa shape index (κ3) is 3.14. The number of benzene rings is 1. The average Bonchev–Trinajstić information content (AvgIpc) is 2.47. The van der Waals surface area contributed by atoms with Gasteiger partial charge in [0, 0.05) is 6.04 Å². The van der Waals surface area contributed by atoms with Gasteiger partial charge in [-0.05, 0) is 26.0 Å². The minimum absolute atomic E-state index is 0.00996. The molecule has 6 nitrogen and oxygen atoms in total. The van der Waals surface area contributed by atoms with E-state index in [1.165, 1.54) is 0 Å². The molecule has 1 atom stereocenters. The lowest BCUT2D eigenvalue weighted by Gasteiger charge is -2.15. The van der Waals surface area contributed by atoms with E-state index in [9.17, 15) is 14.4 Å². The Morgan fingerprint density at radius 3 is 2.70 bits per heavy atom. The van der Waals surface area contributed by atoms with E-state index in [-0.39, 0.29) is 30.2 Å². The van der Waals surface area contributed by atoms with Gasteiger partial charge in [-0.3, -0.25) is 14.4 Å². The Bertz CT molecular complexity index is 554. The second-order valence-corrected chi connectivity index (χ2v) is 4.99. The SMILES string of the molecule is CC(C)NC(=O)C[C@@H]1NC(=O)c2ccccc2NC1=O. The van der Waals surface area contributed by atoms with Crippen LogP contribution in [0.3, 0.4) is 0 Å². The summed E-state index contributed by atoms with van der Waals surface area (Å²) in [4.78, 5) is 35.8. The summed E-state index contributed by atoms with van der Waals surface area (Å²) >= 11 is 0. The predicted octanol–water partition coefficient (Wildman–Crippen LogP) is 0.652. The van der Waals surface area contributed by atoms with Gasteiger partial charge in [0.15, 0.2) is 0 Å². The maximum absolute atomic E-state index is 12.0. The van der Waals surface area contributed by atoms with Gasteiger partial charge in [0.25, 0.3) is 5.91 Å². The van der Waals surface area contributed by atoms with Gasteiger partial charge in [-0.2, -0.15) is 0 Å². The highest BCUT2D eigenvalue weighted by Crippen LogP contribution is 2.18. The van der Waals surface area contributed by atoms with Crippen molar-refractivity contribution in [2.75, 3.05) is 5.32 Å². The van der Waals surface area contributed by atoms with Crippen LogP contribution in [0, 0.1) is 0 Å². The lowest BCUT2D eigenvalue weighted by atomic mass is 10.1. The fourth-order valence-corrected chi connectivity index (χ4v) is 2.02. The molecule has 1 aromatic carbocycles. The van der Waals surface area contributed by atoms with Crippen molar-refractivity contribution in [1.29, 1.82) is 0 Å². The molecule has 1 aliphatic rings. The van der Waals surface area contributed by atoms with E-state index in [0.717, 1.165) is 0 Å². The Labute approximate surface area is 116 Å². The summed E-state index contributed by atoms with van der Waals surface area (Å²) in [5.74, 6) is -1.02. The van der Waals surface area contributed by atoms with Crippen LogP contribution >= 0.6 is 0 Å². The Morgan fingerprint density at radius 1 is 1.30 bits per heavy atom. The molecule has 0 unspecified atom stereocenters. The normalized spacial score (nSPS) is 17.9. The summed E-state index contributed by atoms with van der Waals surface area (Å²) in [5, 5.41) is 7.93. The van der Waals surface area contributed by atoms with E-state index in [2.05, 4.69) is 16.0 Å². The summed E-state index contributed by atoms with van der Waals surface area (Å²) in [7, 11) is 0. The number of anilines is 1. The molecule has 0 aromatic heterocycles. The number of nitrogens with one attached hydrogen (secondary N) is 3. The van der Waals surface area contributed by atoms with E-state index in [1.807, 2.05) is 13.8 Å². The summed E-state index contributed by atoms with van der Waals surface area (Å²) in [5.41, 5.74) is 0.856. The first kappa shape index (κ1) is 14.0. The first-order chi connectivity index (χ1) is 9.47. The predicted molar refractivity (Wildman–Crippen MR) is 74.2 cm³/mol. The number of rotatable bonds is 3. The molecule has 0 spiro atoms. The number of amides is 3. The van der Waals surface area contributed by atoms with Gasteiger partial charge in [0.2, 0.25) is 11.8 Å². The van der Waals surface area contributed by atoms with E-state index in [0.29, 0.717) is 11.3 Å². The molecule has 1 aromatic rings. The molecule has 3 N–H and O–H groups in total. The number of hydrogen-bond acceptors (Lipinski definition) is 3. The van der Waals surface area contributed by atoms with E-state index >= 15 is 0 Å². The van der Waals surface area contributed by atoms with Gasteiger partial charge in [-0.15, -0.1) is 0 Å². The van der Waals surface area contributed by atoms with Crippen molar-refractivity contribution in [3.63, 3.8) is 0 Å². The molecule has 6 heteroatoms. The van der Waals surface area contributed by atoms with Crippen LogP contribution in [0.2, 0.25) is 0 Å². The third-order valence-electron chi connectivity index (χ3n) is 2.89. The van der Waals surface area contributed by atoms with Crippen molar-refractivity contribution >= 4 is 23.4 Å². The molecular weight excluding hydrogens is 258 g/mol. The highest BCUT2D eigenvalue weighted by atomic mass is 16.2. The quantitative estimate of drug-likeness (QED) is 0.757. The van der Waals surface area contributed by atoms with E-state index in [1.54, 1.807) is 24.3 Å². The highest BCUT2D eigenvalue weighted by molar-refractivity contribution is 6.10. The van der Waals surface area contributed by atoms with E-state index < -0.39 is 6.04 Å². The molecule has 0 radical (unpaired) electrons. The van der Waals surface area contributed by atoms with Crippen molar-refractivity contribution in [1.82, 2.24) is 10.6 Å². The van der Waals surface area contributed by atoms with Gasteiger partial charge in [-0.1, -0.05) is 12.1 Å². The Balaban J connectivity index is 2.13. The second-order valence-electron chi connectivity index (χ2n) is 4.99. The van der Waals surface area contributed by atoms with Crippen molar-refractivity contribution < 1.29 is 14.4 Å². The zero-order valence-electron chi connectivity index (χ0n) is 11.4. The van der Waals surface area contributed by atoms with Gasteiger partial charge in [-0.25, -0.2) is 0 Å². The van der Waals surface area contributed by atoms with Gasteiger partial charge < -0.3 is 16.0 Å². The van der Waals surface area contributed by atoms with Crippen LogP contribution in [0.15, 0.2) is 24.3 Å². The zero-order chi connectivity index (χ0) is 14.7. The lowest BCUT2D eigenvalue weighted by Crippen LogP contribution is -2.45. The smallest absolute Gasteiger partial charge is 0.254 e. The van der Waals surface area contributed by atoms with Crippen LogP contribution in [0.4, 0.5) is 5.69 Å². The molecule has 0 saturated heterocycles. The standard InChI is InChI=1S/C14H17N3O3/c1-8(2)15-12(18)7-11-14(20)16-10-6-4-3-5-9(10)13(19)17-11/h3-6,8,11H,7H2,1-2H3,(H,15,18)(H,16,20)(H,17,19)/t11-/m0/s1. The summed E-state index contributed by atoms with van der Waals surface area (Å²) in [6.07, 6.45) is -0.0796. The minimum atomic E-state index is -0.867. The first-order valence-electron chi connectivity index (χ1n) is 6.47. The molecule has 3 amide bonds. The summed E-state index contributed by atoms with van der Waals surface area (Å²) < 4.78 is 0. The Morgan fingerprint density at radius 2 is 2.00 bits per heavy atom. The topological polar surface area (TPSA) is 87.3 Å². The second kappa shape index (κ2) is 5.73. The molecule has 0 aliphatic carbocycles. The minimum Gasteiger partial charge on any atom is -0.354 e.